The van der Waals surface area contributed by atoms with Crippen LogP contribution in [0.25, 0.3) is 0 Å². The van der Waals surface area contributed by atoms with Crippen LogP contribution in [0.1, 0.15) is 6.92 Å². The van der Waals surface area contributed by atoms with Crippen LogP contribution in [-0.4, -0.2) is 71.2 Å². The molecule has 1 aliphatic rings. The zero-order valence-corrected chi connectivity index (χ0v) is 11.5. The van der Waals surface area contributed by atoms with Gasteiger partial charge in [0.25, 0.3) is 0 Å². The highest BCUT2D eigenvalue weighted by molar-refractivity contribution is 5.71. The molecule has 0 atom stereocenters. The molecule has 106 valence electrons. The summed E-state index contributed by atoms with van der Waals surface area (Å²) in [6.45, 7) is 8.61. The van der Waals surface area contributed by atoms with Crippen LogP contribution in [0, 0.1) is 0 Å². The first-order valence-corrected chi connectivity index (χ1v) is 6.84. The second-order valence-electron chi connectivity index (χ2n) is 4.72. The normalized spacial score (nSPS) is 17.5. The average Bonchev–Trinajstić information content (AvgIpc) is 2.91. The minimum Gasteiger partial charge on any atom is -0.465 e. The molecule has 0 amide bonds. The molecule has 6 nitrogen and oxygen atoms in total. The Morgan fingerprint density at radius 3 is 2.58 bits per heavy atom. The summed E-state index contributed by atoms with van der Waals surface area (Å²) in [7, 11) is 0. The summed E-state index contributed by atoms with van der Waals surface area (Å²) < 4.78 is 7.05. The zero-order chi connectivity index (χ0) is 13.5. The molecule has 0 aliphatic carbocycles. The van der Waals surface area contributed by atoms with E-state index in [2.05, 4.69) is 19.4 Å². The van der Waals surface area contributed by atoms with Crippen LogP contribution in [0.2, 0.25) is 0 Å². The number of imidazole rings is 1. The van der Waals surface area contributed by atoms with Crippen LogP contribution in [-0.2, 0) is 16.1 Å². The van der Waals surface area contributed by atoms with Gasteiger partial charge in [-0.25, -0.2) is 4.98 Å². The van der Waals surface area contributed by atoms with Gasteiger partial charge in [0.1, 0.15) is 0 Å². The first kappa shape index (κ1) is 14.0. The van der Waals surface area contributed by atoms with Gasteiger partial charge in [-0.15, -0.1) is 0 Å². The summed E-state index contributed by atoms with van der Waals surface area (Å²) in [6, 6.07) is 0. The molecule has 0 bridgehead atoms. The number of carbonyl (C=O) groups is 1. The highest BCUT2D eigenvalue weighted by atomic mass is 16.5. The summed E-state index contributed by atoms with van der Waals surface area (Å²) in [5.41, 5.74) is 0. The van der Waals surface area contributed by atoms with Crippen molar-refractivity contribution in [2.75, 3.05) is 45.9 Å². The van der Waals surface area contributed by atoms with E-state index in [4.69, 9.17) is 4.74 Å². The van der Waals surface area contributed by atoms with E-state index in [1.165, 1.54) is 0 Å². The Bertz CT molecular complexity index is 372. The Kier molecular flexibility index (Phi) is 5.35. The van der Waals surface area contributed by atoms with E-state index in [1.54, 1.807) is 6.20 Å². The van der Waals surface area contributed by atoms with Gasteiger partial charge in [-0.3, -0.25) is 14.6 Å². The van der Waals surface area contributed by atoms with E-state index >= 15 is 0 Å². The Morgan fingerprint density at radius 2 is 1.95 bits per heavy atom. The molecule has 19 heavy (non-hydrogen) atoms. The topological polar surface area (TPSA) is 50.6 Å². The molecule has 2 heterocycles. The number of esters is 1. The molecule has 1 aliphatic heterocycles. The van der Waals surface area contributed by atoms with E-state index in [0.717, 1.165) is 39.3 Å². The van der Waals surface area contributed by atoms with Crippen molar-refractivity contribution in [2.45, 2.75) is 13.5 Å². The molecule has 6 heteroatoms. The fourth-order valence-corrected chi connectivity index (χ4v) is 2.24. The van der Waals surface area contributed by atoms with E-state index in [1.807, 2.05) is 19.4 Å². The summed E-state index contributed by atoms with van der Waals surface area (Å²) in [4.78, 5) is 20.0. The summed E-state index contributed by atoms with van der Waals surface area (Å²) in [5, 5.41) is 0. The Hall–Kier alpha value is -1.40. The molecule has 1 saturated heterocycles. The maximum absolute atomic E-state index is 11.4. The van der Waals surface area contributed by atoms with Crippen LogP contribution in [0.15, 0.2) is 18.7 Å². The largest absolute Gasteiger partial charge is 0.465 e. The van der Waals surface area contributed by atoms with E-state index < -0.39 is 0 Å². The van der Waals surface area contributed by atoms with Gasteiger partial charge in [-0.2, -0.15) is 0 Å². The van der Waals surface area contributed by atoms with Gasteiger partial charge in [0.05, 0.1) is 19.5 Å². The monoisotopic (exact) mass is 266 g/mol. The lowest BCUT2D eigenvalue weighted by molar-refractivity contribution is -0.144. The van der Waals surface area contributed by atoms with Gasteiger partial charge in [0, 0.05) is 51.7 Å². The van der Waals surface area contributed by atoms with Gasteiger partial charge in [0.2, 0.25) is 0 Å². The maximum atomic E-state index is 11.4. The van der Waals surface area contributed by atoms with E-state index in [0.29, 0.717) is 13.2 Å². The molecule has 0 saturated carbocycles. The lowest BCUT2D eigenvalue weighted by Crippen LogP contribution is -2.48. The smallest absolute Gasteiger partial charge is 0.320 e. The maximum Gasteiger partial charge on any atom is 0.320 e. The number of ether oxygens (including phenoxy) is 1. The molecule has 0 spiro atoms. The van der Waals surface area contributed by atoms with E-state index in [-0.39, 0.29) is 5.97 Å². The van der Waals surface area contributed by atoms with Crippen LogP contribution < -0.4 is 0 Å². The minimum atomic E-state index is -0.116. The number of rotatable bonds is 6. The van der Waals surface area contributed by atoms with Crippen LogP contribution in [0.5, 0.6) is 0 Å². The number of aromatic nitrogens is 2. The molecule has 1 aromatic rings. The number of hydrogen-bond acceptors (Lipinski definition) is 5. The minimum absolute atomic E-state index is 0.116. The van der Waals surface area contributed by atoms with Crippen molar-refractivity contribution in [1.82, 2.24) is 19.4 Å². The van der Waals surface area contributed by atoms with Gasteiger partial charge < -0.3 is 9.30 Å². The summed E-state index contributed by atoms with van der Waals surface area (Å²) >= 11 is 0. The predicted octanol–water partition coefficient (Wildman–Crippen LogP) is 0.0638. The summed E-state index contributed by atoms with van der Waals surface area (Å²) in [6.07, 6.45) is 5.63. The predicted molar refractivity (Wildman–Crippen MR) is 71.7 cm³/mol. The molecular weight excluding hydrogens is 244 g/mol. The van der Waals surface area contributed by atoms with Crippen molar-refractivity contribution < 1.29 is 9.53 Å². The van der Waals surface area contributed by atoms with Crippen LogP contribution in [0.4, 0.5) is 0 Å². The molecule has 0 N–H and O–H groups in total. The fourth-order valence-electron chi connectivity index (χ4n) is 2.24. The summed E-state index contributed by atoms with van der Waals surface area (Å²) in [5.74, 6) is -0.116. The number of nitrogens with zero attached hydrogens (tertiary/aromatic N) is 4. The standard InChI is InChI=1S/C13H22N4O2/c1-2-19-13(18)11-16-8-5-15(6-9-16)7-10-17-4-3-14-12-17/h3-4,12H,2,5-11H2,1H3. The van der Waals surface area contributed by atoms with Gasteiger partial charge in [-0.05, 0) is 6.92 Å². The van der Waals surface area contributed by atoms with Gasteiger partial charge in [-0.1, -0.05) is 0 Å². The van der Waals surface area contributed by atoms with E-state index in [9.17, 15) is 4.79 Å². The highest BCUT2D eigenvalue weighted by Gasteiger charge is 2.18. The highest BCUT2D eigenvalue weighted by Crippen LogP contribution is 2.02. The van der Waals surface area contributed by atoms with Crippen LogP contribution >= 0.6 is 0 Å². The van der Waals surface area contributed by atoms with Gasteiger partial charge in [0.15, 0.2) is 0 Å². The third kappa shape index (κ3) is 4.65. The quantitative estimate of drug-likeness (QED) is 0.682. The van der Waals surface area contributed by atoms with Crippen molar-refractivity contribution in [3.8, 4) is 0 Å². The van der Waals surface area contributed by atoms with Gasteiger partial charge >= 0.3 is 5.97 Å². The number of hydrogen-bond donors (Lipinski definition) is 0. The molecule has 1 fully saturated rings. The first-order valence-electron chi connectivity index (χ1n) is 6.84. The van der Waals surface area contributed by atoms with Crippen molar-refractivity contribution in [3.05, 3.63) is 18.7 Å². The lowest BCUT2D eigenvalue weighted by Gasteiger charge is -2.34. The van der Waals surface area contributed by atoms with Crippen molar-refractivity contribution >= 4 is 5.97 Å². The Labute approximate surface area is 114 Å². The fraction of sp³-hybridized carbons (Fsp3) is 0.692. The molecule has 0 radical (unpaired) electrons. The second-order valence-corrected chi connectivity index (χ2v) is 4.72. The SMILES string of the molecule is CCOC(=O)CN1CCN(CCn2ccnc2)CC1. The Morgan fingerprint density at radius 1 is 1.21 bits per heavy atom. The van der Waals surface area contributed by atoms with Crippen molar-refractivity contribution in [2.24, 2.45) is 0 Å². The molecule has 0 aromatic carbocycles. The Balaban J connectivity index is 1.63. The second kappa shape index (κ2) is 7.25. The van der Waals surface area contributed by atoms with Crippen molar-refractivity contribution in [1.29, 1.82) is 0 Å². The average molecular weight is 266 g/mol. The number of piperazine rings is 1. The molecular formula is C13H22N4O2. The van der Waals surface area contributed by atoms with Crippen LogP contribution in [0.3, 0.4) is 0 Å². The third-order valence-electron chi connectivity index (χ3n) is 3.36. The lowest BCUT2D eigenvalue weighted by atomic mass is 10.3. The molecule has 2 rings (SSSR count). The zero-order valence-electron chi connectivity index (χ0n) is 11.5. The van der Waals surface area contributed by atoms with Crippen molar-refractivity contribution in [3.63, 3.8) is 0 Å². The third-order valence-corrected chi connectivity index (χ3v) is 3.36. The first-order chi connectivity index (χ1) is 9.28. The molecule has 0 unspecified atom stereocenters. The number of carbonyl (C=O) groups excluding carboxylic acids is 1. The molecule has 1 aromatic heterocycles.